The van der Waals surface area contributed by atoms with E-state index in [0.717, 1.165) is 24.6 Å². The molecule has 0 radical (unpaired) electrons. The third-order valence-electron chi connectivity index (χ3n) is 3.71. The largest absolute Gasteiger partial charge is 0.323 e. The summed E-state index contributed by atoms with van der Waals surface area (Å²) in [7, 11) is 0. The van der Waals surface area contributed by atoms with Crippen LogP contribution in [0.2, 0.25) is 0 Å². The maximum absolute atomic E-state index is 13.3. The van der Waals surface area contributed by atoms with Crippen molar-refractivity contribution in [3.63, 3.8) is 0 Å². The first-order valence-corrected chi connectivity index (χ1v) is 6.30. The maximum atomic E-state index is 13.3. The first-order chi connectivity index (χ1) is 9.15. The topological polar surface area (TPSA) is 38.9 Å². The van der Waals surface area contributed by atoms with Gasteiger partial charge in [0.15, 0.2) is 0 Å². The van der Waals surface area contributed by atoms with Crippen molar-refractivity contribution in [2.45, 2.75) is 24.8 Å². The van der Waals surface area contributed by atoms with Crippen LogP contribution in [-0.4, -0.2) is 4.98 Å². The zero-order valence-corrected chi connectivity index (χ0v) is 10.3. The molecule has 0 saturated heterocycles. The van der Waals surface area contributed by atoms with Crippen molar-refractivity contribution >= 4 is 0 Å². The fourth-order valence-electron chi connectivity index (χ4n) is 2.79. The molecule has 1 aromatic carbocycles. The molecule has 0 fully saturated rings. The minimum absolute atomic E-state index is 0.0254. The van der Waals surface area contributed by atoms with Crippen molar-refractivity contribution in [2.24, 2.45) is 5.73 Å². The molecule has 19 heavy (non-hydrogen) atoms. The van der Waals surface area contributed by atoms with Gasteiger partial charge in [0.05, 0.1) is 0 Å². The first kappa shape index (κ1) is 12.2. The Morgan fingerprint density at radius 3 is 2.68 bits per heavy atom. The van der Waals surface area contributed by atoms with Crippen LogP contribution < -0.4 is 5.73 Å². The quantitative estimate of drug-likeness (QED) is 0.901. The third kappa shape index (κ3) is 2.24. The zero-order valence-electron chi connectivity index (χ0n) is 10.3. The number of fused-ring (bicyclic) bond motifs is 1. The van der Waals surface area contributed by atoms with Gasteiger partial charge in [0.1, 0.15) is 11.6 Å². The van der Waals surface area contributed by atoms with Crippen molar-refractivity contribution in [1.82, 2.24) is 4.98 Å². The average Bonchev–Trinajstić information content (AvgIpc) is 2.80. The Kier molecular flexibility index (Phi) is 3.03. The summed E-state index contributed by atoms with van der Waals surface area (Å²) in [6.45, 7) is 0. The van der Waals surface area contributed by atoms with Crippen LogP contribution in [-0.2, 0) is 6.42 Å². The molecule has 0 spiro atoms. The fourth-order valence-corrected chi connectivity index (χ4v) is 2.79. The van der Waals surface area contributed by atoms with Gasteiger partial charge in [-0.25, -0.2) is 8.78 Å². The minimum Gasteiger partial charge on any atom is -0.323 e. The lowest BCUT2D eigenvalue weighted by atomic mass is 9.91. The van der Waals surface area contributed by atoms with Crippen LogP contribution in [0, 0.1) is 11.6 Å². The molecule has 2 nitrogen and oxygen atoms in total. The molecule has 0 bridgehead atoms. The summed E-state index contributed by atoms with van der Waals surface area (Å²) < 4.78 is 26.5. The number of rotatable bonds is 2. The monoisotopic (exact) mass is 260 g/mol. The molecule has 1 aromatic heterocycles. The summed E-state index contributed by atoms with van der Waals surface area (Å²) in [4.78, 5) is 4.36. The Labute approximate surface area is 110 Å². The molecule has 0 amide bonds. The van der Waals surface area contributed by atoms with Gasteiger partial charge in [0, 0.05) is 29.9 Å². The number of aromatic nitrogens is 1. The maximum Gasteiger partial charge on any atom is 0.126 e. The molecule has 4 heteroatoms. The van der Waals surface area contributed by atoms with Gasteiger partial charge in [-0.1, -0.05) is 6.07 Å². The van der Waals surface area contributed by atoms with E-state index in [9.17, 15) is 8.78 Å². The van der Waals surface area contributed by atoms with Gasteiger partial charge in [0.25, 0.3) is 0 Å². The summed E-state index contributed by atoms with van der Waals surface area (Å²) in [5.41, 5.74) is 8.81. The highest BCUT2D eigenvalue weighted by Crippen LogP contribution is 2.39. The Bertz CT molecular complexity index is 593. The summed E-state index contributed by atoms with van der Waals surface area (Å²) in [5, 5.41) is 0. The number of aryl methyl sites for hydroxylation is 1. The van der Waals surface area contributed by atoms with Crippen LogP contribution in [0.15, 0.2) is 36.5 Å². The van der Waals surface area contributed by atoms with Crippen LogP contribution in [0.3, 0.4) is 0 Å². The fraction of sp³-hybridized carbons (Fsp3) is 0.267. The lowest BCUT2D eigenvalue weighted by Crippen LogP contribution is -2.19. The molecule has 0 saturated carbocycles. The molecule has 3 rings (SSSR count). The van der Waals surface area contributed by atoms with Crippen molar-refractivity contribution in [3.05, 3.63) is 65.0 Å². The van der Waals surface area contributed by atoms with Crippen molar-refractivity contribution < 1.29 is 8.78 Å². The van der Waals surface area contributed by atoms with E-state index in [4.69, 9.17) is 5.73 Å². The Morgan fingerprint density at radius 2 is 1.95 bits per heavy atom. The Morgan fingerprint density at radius 1 is 1.21 bits per heavy atom. The number of hydrogen-bond acceptors (Lipinski definition) is 2. The molecule has 0 aliphatic heterocycles. The van der Waals surface area contributed by atoms with Crippen LogP contribution >= 0.6 is 0 Å². The van der Waals surface area contributed by atoms with E-state index in [-0.39, 0.29) is 5.92 Å². The van der Waals surface area contributed by atoms with Gasteiger partial charge < -0.3 is 5.73 Å². The Hall–Kier alpha value is -1.81. The molecule has 1 aliphatic carbocycles. The lowest BCUT2D eigenvalue weighted by Gasteiger charge is -2.20. The van der Waals surface area contributed by atoms with Crippen LogP contribution in [0.4, 0.5) is 8.78 Å². The van der Waals surface area contributed by atoms with Crippen molar-refractivity contribution in [2.75, 3.05) is 0 Å². The van der Waals surface area contributed by atoms with Gasteiger partial charge in [-0.2, -0.15) is 0 Å². The standard InChI is InChI=1S/C15H14F2N2/c16-11-6-10(7-12(17)8-11)14(18)13-4-3-9-2-1-5-19-15(9)13/h1-2,5-8,13-14H,3-4,18H2. The van der Waals surface area contributed by atoms with Gasteiger partial charge in [-0.15, -0.1) is 0 Å². The molecule has 1 heterocycles. The molecular formula is C15H14F2N2. The normalized spacial score (nSPS) is 19.2. The Balaban J connectivity index is 1.95. The number of nitrogens with zero attached hydrogens (tertiary/aromatic N) is 1. The number of benzene rings is 1. The SMILES string of the molecule is NC(c1cc(F)cc(F)c1)C1CCc2cccnc21. The highest BCUT2D eigenvalue weighted by molar-refractivity contribution is 5.33. The second kappa shape index (κ2) is 4.70. The second-order valence-electron chi connectivity index (χ2n) is 4.92. The minimum atomic E-state index is -0.593. The second-order valence-corrected chi connectivity index (χ2v) is 4.92. The predicted molar refractivity (Wildman–Crippen MR) is 68.6 cm³/mol. The molecule has 1 aliphatic rings. The third-order valence-corrected chi connectivity index (χ3v) is 3.71. The number of hydrogen-bond donors (Lipinski definition) is 1. The van der Waals surface area contributed by atoms with Crippen LogP contribution in [0.1, 0.15) is 35.2 Å². The molecule has 98 valence electrons. The first-order valence-electron chi connectivity index (χ1n) is 6.30. The van der Waals surface area contributed by atoms with Crippen molar-refractivity contribution in [3.8, 4) is 0 Å². The van der Waals surface area contributed by atoms with E-state index in [2.05, 4.69) is 4.98 Å². The molecule has 2 atom stereocenters. The van der Waals surface area contributed by atoms with Gasteiger partial charge >= 0.3 is 0 Å². The molecular weight excluding hydrogens is 246 g/mol. The van der Waals surface area contributed by atoms with Crippen LogP contribution in [0.5, 0.6) is 0 Å². The van der Waals surface area contributed by atoms with E-state index in [1.165, 1.54) is 17.7 Å². The lowest BCUT2D eigenvalue weighted by molar-refractivity contribution is 0.525. The van der Waals surface area contributed by atoms with Gasteiger partial charge in [0.2, 0.25) is 0 Å². The number of halogens is 2. The number of nitrogens with two attached hydrogens (primary N) is 1. The predicted octanol–water partition coefficient (Wildman–Crippen LogP) is 3.09. The smallest absolute Gasteiger partial charge is 0.126 e. The van der Waals surface area contributed by atoms with E-state index in [1.54, 1.807) is 6.20 Å². The average molecular weight is 260 g/mol. The molecule has 2 N–H and O–H groups in total. The summed E-state index contributed by atoms with van der Waals surface area (Å²) in [6.07, 6.45) is 3.51. The van der Waals surface area contributed by atoms with Gasteiger partial charge in [-0.3, -0.25) is 4.98 Å². The highest BCUT2D eigenvalue weighted by Gasteiger charge is 2.30. The summed E-state index contributed by atoms with van der Waals surface area (Å²) in [6, 6.07) is 6.96. The molecule has 2 unspecified atom stereocenters. The van der Waals surface area contributed by atoms with Crippen molar-refractivity contribution in [1.29, 1.82) is 0 Å². The van der Waals surface area contributed by atoms with E-state index >= 15 is 0 Å². The van der Waals surface area contributed by atoms with E-state index in [1.807, 2.05) is 12.1 Å². The van der Waals surface area contributed by atoms with Crippen LogP contribution in [0.25, 0.3) is 0 Å². The number of pyridine rings is 1. The zero-order chi connectivity index (χ0) is 13.4. The van der Waals surface area contributed by atoms with Gasteiger partial charge in [-0.05, 0) is 42.2 Å². The van der Waals surface area contributed by atoms with E-state index in [0.29, 0.717) is 5.56 Å². The summed E-state index contributed by atoms with van der Waals surface area (Å²) >= 11 is 0. The van der Waals surface area contributed by atoms with E-state index < -0.39 is 17.7 Å². The molecule has 2 aromatic rings. The summed E-state index contributed by atoms with van der Waals surface area (Å²) in [5.74, 6) is -1.16. The highest BCUT2D eigenvalue weighted by atomic mass is 19.1.